The summed E-state index contributed by atoms with van der Waals surface area (Å²) in [6.45, 7) is 0. The summed E-state index contributed by atoms with van der Waals surface area (Å²) in [5.74, 6) is 1.17. The second-order valence-corrected chi connectivity index (χ2v) is 5.59. The van der Waals surface area contributed by atoms with E-state index in [1.807, 2.05) is 30.9 Å². The van der Waals surface area contributed by atoms with E-state index in [4.69, 9.17) is 0 Å². The van der Waals surface area contributed by atoms with E-state index in [1.54, 1.807) is 12.1 Å². The van der Waals surface area contributed by atoms with Gasteiger partial charge in [-0.1, -0.05) is 18.2 Å². The first-order valence-electron chi connectivity index (χ1n) is 5.83. The molecule has 88 valence electrons. The summed E-state index contributed by atoms with van der Waals surface area (Å²) in [6, 6.07) is 7.48. The van der Waals surface area contributed by atoms with E-state index < -0.39 is 0 Å². The number of hydrogen-bond acceptors (Lipinski definition) is 2. The van der Waals surface area contributed by atoms with Crippen LogP contribution in [0.15, 0.2) is 24.3 Å². The summed E-state index contributed by atoms with van der Waals surface area (Å²) < 4.78 is 13.5. The first kappa shape index (κ1) is 11.9. The first-order chi connectivity index (χ1) is 7.81. The normalized spacial score (nSPS) is 22.2. The van der Waals surface area contributed by atoms with Gasteiger partial charge in [0.1, 0.15) is 5.82 Å². The fraction of sp³-hybridized carbons (Fsp3) is 0.538. The van der Waals surface area contributed by atoms with Crippen molar-refractivity contribution in [1.29, 1.82) is 0 Å². The van der Waals surface area contributed by atoms with Crippen molar-refractivity contribution >= 4 is 11.8 Å². The average Bonchev–Trinajstić information content (AvgIpc) is 2.81. The minimum Gasteiger partial charge on any atom is -0.316 e. The molecular weight excluding hydrogens is 221 g/mol. The number of likely N-dealkylation sites (N-methyl/N-ethyl adjacent to an activating group) is 1. The molecule has 0 amide bonds. The lowest BCUT2D eigenvalue weighted by molar-refractivity contribution is 0.508. The first-order valence-corrected chi connectivity index (χ1v) is 6.88. The Morgan fingerprint density at radius 3 is 2.94 bits per heavy atom. The van der Waals surface area contributed by atoms with Gasteiger partial charge in [0, 0.05) is 11.3 Å². The molecule has 1 aromatic carbocycles. The Balaban J connectivity index is 2.03. The number of hydrogen-bond donors (Lipinski definition) is 1. The molecule has 1 saturated heterocycles. The quantitative estimate of drug-likeness (QED) is 0.867. The number of rotatable bonds is 4. The van der Waals surface area contributed by atoms with Gasteiger partial charge in [-0.3, -0.25) is 0 Å². The maximum atomic E-state index is 13.5. The van der Waals surface area contributed by atoms with E-state index in [0.717, 1.165) is 12.0 Å². The highest BCUT2D eigenvalue weighted by Crippen LogP contribution is 2.30. The lowest BCUT2D eigenvalue weighted by Gasteiger charge is -2.22. The molecule has 1 aromatic rings. The van der Waals surface area contributed by atoms with Gasteiger partial charge in [-0.05, 0) is 43.7 Å². The molecule has 1 N–H and O–H groups in total. The van der Waals surface area contributed by atoms with E-state index in [1.165, 1.54) is 18.6 Å². The Morgan fingerprint density at radius 1 is 1.50 bits per heavy atom. The van der Waals surface area contributed by atoms with Crippen molar-refractivity contribution in [1.82, 2.24) is 5.32 Å². The highest BCUT2D eigenvalue weighted by Gasteiger charge is 2.25. The van der Waals surface area contributed by atoms with Crippen LogP contribution in [0.25, 0.3) is 0 Å². The molecule has 1 heterocycles. The third kappa shape index (κ3) is 2.77. The van der Waals surface area contributed by atoms with Gasteiger partial charge < -0.3 is 5.32 Å². The molecule has 0 bridgehead atoms. The van der Waals surface area contributed by atoms with Gasteiger partial charge in [-0.15, -0.1) is 0 Å². The van der Waals surface area contributed by atoms with Gasteiger partial charge in [-0.25, -0.2) is 4.39 Å². The van der Waals surface area contributed by atoms with E-state index in [2.05, 4.69) is 5.32 Å². The monoisotopic (exact) mass is 239 g/mol. The predicted octanol–water partition coefficient (Wildman–Crippen LogP) is 2.85. The Kier molecular flexibility index (Phi) is 4.24. The standard InChI is InChI=1S/C13H18FNS/c1-15-12(13-7-4-8-16-13)9-10-5-2-3-6-11(10)14/h2-3,5-6,12-13,15H,4,7-9H2,1H3. The summed E-state index contributed by atoms with van der Waals surface area (Å²) in [5.41, 5.74) is 0.828. The predicted molar refractivity (Wildman–Crippen MR) is 68.4 cm³/mol. The Labute approximate surface area is 101 Å². The van der Waals surface area contributed by atoms with Gasteiger partial charge in [0.2, 0.25) is 0 Å². The molecule has 1 fully saturated rings. The Morgan fingerprint density at radius 2 is 2.31 bits per heavy atom. The fourth-order valence-corrected chi connectivity index (χ4v) is 3.67. The number of thioether (sulfide) groups is 1. The van der Waals surface area contributed by atoms with E-state index in [0.29, 0.717) is 11.3 Å². The molecule has 0 aliphatic carbocycles. The van der Waals surface area contributed by atoms with Crippen molar-refractivity contribution in [2.24, 2.45) is 0 Å². The van der Waals surface area contributed by atoms with E-state index in [9.17, 15) is 4.39 Å². The van der Waals surface area contributed by atoms with Crippen LogP contribution in [-0.2, 0) is 6.42 Å². The molecule has 1 aliphatic rings. The minimum atomic E-state index is -0.0780. The number of halogens is 1. The zero-order chi connectivity index (χ0) is 11.4. The van der Waals surface area contributed by atoms with Crippen LogP contribution in [0.4, 0.5) is 4.39 Å². The van der Waals surface area contributed by atoms with Crippen LogP contribution in [0, 0.1) is 5.82 Å². The van der Waals surface area contributed by atoms with Crippen molar-refractivity contribution in [3.63, 3.8) is 0 Å². The third-order valence-corrected chi connectivity index (χ3v) is 4.70. The van der Waals surface area contributed by atoms with Crippen molar-refractivity contribution in [3.05, 3.63) is 35.6 Å². The molecule has 1 nitrogen and oxygen atoms in total. The molecule has 2 unspecified atom stereocenters. The molecule has 0 aromatic heterocycles. The van der Waals surface area contributed by atoms with Crippen LogP contribution in [0.1, 0.15) is 18.4 Å². The van der Waals surface area contributed by atoms with Crippen molar-refractivity contribution < 1.29 is 4.39 Å². The molecule has 2 atom stereocenters. The zero-order valence-corrected chi connectivity index (χ0v) is 10.4. The zero-order valence-electron chi connectivity index (χ0n) is 9.58. The van der Waals surface area contributed by atoms with Gasteiger partial charge in [0.05, 0.1) is 0 Å². The molecule has 0 spiro atoms. The number of benzene rings is 1. The molecule has 1 aliphatic heterocycles. The minimum absolute atomic E-state index is 0.0780. The fourth-order valence-electron chi connectivity index (χ4n) is 2.24. The third-order valence-electron chi connectivity index (χ3n) is 3.18. The van der Waals surface area contributed by atoms with Crippen LogP contribution in [-0.4, -0.2) is 24.1 Å². The summed E-state index contributed by atoms with van der Waals surface area (Å²) in [6.07, 6.45) is 3.34. The second-order valence-electron chi connectivity index (χ2n) is 4.24. The lowest BCUT2D eigenvalue weighted by Crippen LogP contribution is -2.36. The second kappa shape index (κ2) is 5.69. The average molecular weight is 239 g/mol. The molecule has 16 heavy (non-hydrogen) atoms. The van der Waals surface area contributed by atoms with E-state index in [-0.39, 0.29) is 5.82 Å². The Bertz CT molecular complexity index is 336. The van der Waals surface area contributed by atoms with Gasteiger partial charge in [0.15, 0.2) is 0 Å². The van der Waals surface area contributed by atoms with Crippen LogP contribution in [0.2, 0.25) is 0 Å². The number of nitrogens with one attached hydrogen (secondary N) is 1. The molecule has 3 heteroatoms. The molecule has 0 saturated carbocycles. The topological polar surface area (TPSA) is 12.0 Å². The van der Waals surface area contributed by atoms with Crippen LogP contribution < -0.4 is 5.32 Å². The summed E-state index contributed by atoms with van der Waals surface area (Å²) in [5, 5.41) is 3.98. The van der Waals surface area contributed by atoms with Gasteiger partial charge in [0.25, 0.3) is 0 Å². The van der Waals surface area contributed by atoms with Gasteiger partial charge >= 0.3 is 0 Å². The summed E-state index contributed by atoms with van der Waals surface area (Å²) >= 11 is 2.02. The van der Waals surface area contributed by atoms with Crippen LogP contribution >= 0.6 is 11.8 Å². The SMILES string of the molecule is CNC(Cc1ccccc1F)C1CCCS1. The maximum Gasteiger partial charge on any atom is 0.126 e. The Hall–Kier alpha value is -0.540. The summed E-state index contributed by atoms with van der Waals surface area (Å²) in [4.78, 5) is 0. The molecule has 0 radical (unpaired) electrons. The lowest BCUT2D eigenvalue weighted by atomic mass is 10.0. The molecule has 2 rings (SSSR count). The van der Waals surface area contributed by atoms with Crippen LogP contribution in [0.3, 0.4) is 0 Å². The van der Waals surface area contributed by atoms with Crippen LogP contribution in [0.5, 0.6) is 0 Å². The van der Waals surface area contributed by atoms with Gasteiger partial charge in [-0.2, -0.15) is 11.8 Å². The van der Waals surface area contributed by atoms with Crippen molar-refractivity contribution in [3.8, 4) is 0 Å². The molecular formula is C13H18FNS. The van der Waals surface area contributed by atoms with Crippen molar-refractivity contribution in [2.45, 2.75) is 30.6 Å². The smallest absolute Gasteiger partial charge is 0.126 e. The maximum absolute atomic E-state index is 13.5. The largest absolute Gasteiger partial charge is 0.316 e. The van der Waals surface area contributed by atoms with Crippen molar-refractivity contribution in [2.75, 3.05) is 12.8 Å². The van der Waals surface area contributed by atoms with E-state index >= 15 is 0 Å². The highest BCUT2D eigenvalue weighted by molar-refractivity contribution is 8.00. The summed E-state index contributed by atoms with van der Waals surface area (Å²) in [7, 11) is 1.98. The highest BCUT2D eigenvalue weighted by atomic mass is 32.2.